The molecule has 6 fully saturated rings. The third-order valence-corrected chi connectivity index (χ3v) is 10.8. The Bertz CT molecular complexity index is 1100. The van der Waals surface area contributed by atoms with Crippen LogP contribution in [0.25, 0.3) is 0 Å². The number of rotatable bonds is 6. The summed E-state index contributed by atoms with van der Waals surface area (Å²) >= 11 is 0. The van der Waals surface area contributed by atoms with E-state index >= 15 is 4.39 Å². The fourth-order valence-corrected chi connectivity index (χ4v) is 8.84. The number of hydrogen-bond acceptors (Lipinski definition) is 10. The van der Waals surface area contributed by atoms with Gasteiger partial charge in [0.05, 0.1) is 42.5 Å². The number of hydrogen-bond donors (Lipinski definition) is 3. The molecule has 0 amide bonds. The van der Waals surface area contributed by atoms with E-state index in [-0.39, 0.29) is 53.4 Å². The Hall–Kier alpha value is -2.19. The molecule has 3 N–H and O–H groups in total. The topological polar surface area (TPSA) is 147 Å². The third kappa shape index (κ3) is 4.87. The van der Waals surface area contributed by atoms with Crippen LogP contribution >= 0.6 is 0 Å². The standard InChI is InChI=1S/C28H40FN5O7/c29-17-10-15-25-27(24(17)30-5-8-32-6-1-2-7-32)41-23-11-19-22(12-20(23)33(25)13-16(26(15)35)28(36)37)40-21-9-14(34(38)39)3-4-18(21)31-19/h13-15,17-25,27,30-31H,1-12H2,(H,36,37). The number of nitrogens with zero attached hydrogens (tertiary/aromatic N) is 3. The van der Waals surface area contributed by atoms with Crippen molar-refractivity contribution in [2.24, 2.45) is 5.92 Å². The van der Waals surface area contributed by atoms with E-state index in [2.05, 4.69) is 15.5 Å². The smallest absolute Gasteiger partial charge is 0.340 e. The zero-order valence-corrected chi connectivity index (χ0v) is 23.1. The second kappa shape index (κ2) is 10.8. The van der Waals surface area contributed by atoms with Crippen LogP contribution in [0.5, 0.6) is 0 Å². The van der Waals surface area contributed by atoms with Crippen LogP contribution < -0.4 is 10.6 Å². The van der Waals surface area contributed by atoms with Crippen molar-refractivity contribution in [3.05, 3.63) is 21.9 Å². The summed E-state index contributed by atoms with van der Waals surface area (Å²) in [6, 6.07) is -1.87. The Kier molecular flexibility index (Phi) is 7.29. The Morgan fingerprint density at radius 2 is 1.90 bits per heavy atom. The Morgan fingerprint density at radius 1 is 1.12 bits per heavy atom. The summed E-state index contributed by atoms with van der Waals surface area (Å²) in [5, 5.41) is 28.4. The number of alkyl halides is 1. The molecule has 0 bridgehead atoms. The lowest BCUT2D eigenvalue weighted by Gasteiger charge is -2.61. The maximum absolute atomic E-state index is 15.8. The van der Waals surface area contributed by atoms with Gasteiger partial charge in [0.15, 0.2) is 5.78 Å². The number of ketones is 1. The van der Waals surface area contributed by atoms with Crippen LogP contribution in [-0.4, -0.2) is 125 Å². The van der Waals surface area contributed by atoms with Crippen LogP contribution in [0, 0.1) is 16.0 Å². The molecule has 0 radical (unpaired) electrons. The van der Waals surface area contributed by atoms with E-state index in [1.807, 2.05) is 4.90 Å². The van der Waals surface area contributed by atoms with Crippen molar-refractivity contribution in [3.8, 4) is 0 Å². The number of nitrogens with one attached hydrogen (secondary N) is 2. The quantitative estimate of drug-likeness (QED) is 0.230. The van der Waals surface area contributed by atoms with Gasteiger partial charge < -0.3 is 35.0 Å². The summed E-state index contributed by atoms with van der Waals surface area (Å²) in [5.41, 5.74) is -0.302. The molecule has 12 unspecified atom stereocenters. The molecule has 4 heterocycles. The van der Waals surface area contributed by atoms with E-state index < -0.39 is 48.1 Å². The number of nitro groups is 1. The molecule has 0 aromatic rings. The molecule has 41 heavy (non-hydrogen) atoms. The minimum absolute atomic E-state index is 0.0160. The highest BCUT2D eigenvalue weighted by Gasteiger charge is 2.60. The molecule has 4 aliphatic heterocycles. The van der Waals surface area contributed by atoms with Gasteiger partial charge >= 0.3 is 5.97 Å². The number of aliphatic carboxylic acids is 1. The van der Waals surface area contributed by atoms with Crippen molar-refractivity contribution in [3.63, 3.8) is 0 Å². The van der Waals surface area contributed by atoms with Crippen molar-refractivity contribution in [1.82, 2.24) is 20.4 Å². The molecular weight excluding hydrogens is 537 g/mol. The average molecular weight is 578 g/mol. The first-order valence-electron chi connectivity index (χ1n) is 15.4. The molecule has 0 aromatic heterocycles. The maximum Gasteiger partial charge on any atom is 0.340 e. The van der Waals surface area contributed by atoms with Gasteiger partial charge in [-0.05, 0) is 51.6 Å². The molecule has 0 aromatic carbocycles. The Labute approximate surface area is 238 Å². The summed E-state index contributed by atoms with van der Waals surface area (Å²) in [6.07, 6.45) is 3.80. The van der Waals surface area contributed by atoms with Gasteiger partial charge in [-0.15, -0.1) is 0 Å². The monoisotopic (exact) mass is 577 g/mol. The zero-order valence-electron chi connectivity index (χ0n) is 23.1. The van der Waals surface area contributed by atoms with Crippen molar-refractivity contribution in [1.29, 1.82) is 0 Å². The van der Waals surface area contributed by atoms with Crippen LogP contribution in [0.4, 0.5) is 4.39 Å². The number of carboxylic acids is 1. The lowest BCUT2D eigenvalue weighted by Crippen LogP contribution is -2.75. The van der Waals surface area contributed by atoms with E-state index in [0.717, 1.165) is 19.6 Å². The highest BCUT2D eigenvalue weighted by Crippen LogP contribution is 2.47. The lowest BCUT2D eigenvalue weighted by molar-refractivity contribution is -0.529. The van der Waals surface area contributed by atoms with Crippen molar-refractivity contribution >= 4 is 11.8 Å². The molecule has 3 aliphatic carbocycles. The van der Waals surface area contributed by atoms with Crippen molar-refractivity contribution < 1.29 is 33.5 Å². The Balaban J connectivity index is 1.14. The predicted molar refractivity (Wildman–Crippen MR) is 143 cm³/mol. The number of morpholine rings is 2. The van der Waals surface area contributed by atoms with Crippen LogP contribution in [0.15, 0.2) is 11.8 Å². The second-order valence-electron chi connectivity index (χ2n) is 13.1. The number of likely N-dealkylation sites (tertiary alicyclic amines) is 1. The van der Waals surface area contributed by atoms with Gasteiger partial charge in [0, 0.05) is 55.1 Å². The van der Waals surface area contributed by atoms with Crippen LogP contribution in [0.2, 0.25) is 0 Å². The first kappa shape index (κ1) is 27.6. The van der Waals surface area contributed by atoms with Crippen LogP contribution in [0.3, 0.4) is 0 Å². The largest absolute Gasteiger partial charge is 0.478 e. The number of fused-ring (bicyclic) bond motifs is 4. The second-order valence-corrected chi connectivity index (χ2v) is 13.1. The molecule has 13 heteroatoms. The van der Waals surface area contributed by atoms with Gasteiger partial charge in [-0.25, -0.2) is 9.18 Å². The first-order valence-corrected chi connectivity index (χ1v) is 15.4. The summed E-state index contributed by atoms with van der Waals surface area (Å²) in [7, 11) is 0. The predicted octanol–water partition coefficient (Wildman–Crippen LogP) is 0.473. The minimum atomic E-state index is -1.33. The van der Waals surface area contributed by atoms with Crippen LogP contribution in [0.1, 0.15) is 51.4 Å². The van der Waals surface area contributed by atoms with E-state index in [0.29, 0.717) is 38.6 Å². The van der Waals surface area contributed by atoms with Crippen molar-refractivity contribution in [2.45, 2.75) is 118 Å². The van der Waals surface area contributed by atoms with E-state index in [9.17, 15) is 24.8 Å². The SMILES string of the molecule is O=C(O)C1=CN2C3CC4OC5CC([N+](=O)[O-])CCC5NC4CC3OC3C(NCCN4CCCC4)C(F)CC(C1=O)C32. The van der Waals surface area contributed by atoms with Gasteiger partial charge in [-0.1, -0.05) is 0 Å². The first-order chi connectivity index (χ1) is 19.8. The fraction of sp³-hybridized carbons (Fsp3) is 0.857. The third-order valence-electron chi connectivity index (χ3n) is 10.8. The normalized spacial score (nSPS) is 45.6. The highest BCUT2D eigenvalue weighted by molar-refractivity contribution is 6.18. The van der Waals surface area contributed by atoms with E-state index in [4.69, 9.17) is 9.47 Å². The molecule has 3 saturated heterocycles. The molecular formula is C28H40FN5O7. The molecule has 3 saturated carbocycles. The highest BCUT2D eigenvalue weighted by atomic mass is 19.1. The minimum Gasteiger partial charge on any atom is -0.478 e. The summed E-state index contributed by atoms with van der Waals surface area (Å²) < 4.78 is 29.0. The van der Waals surface area contributed by atoms with E-state index in [1.165, 1.54) is 19.0 Å². The van der Waals surface area contributed by atoms with Gasteiger partial charge in [-0.3, -0.25) is 14.9 Å². The van der Waals surface area contributed by atoms with Crippen molar-refractivity contribution in [2.75, 3.05) is 26.2 Å². The Morgan fingerprint density at radius 3 is 2.66 bits per heavy atom. The van der Waals surface area contributed by atoms with Crippen LogP contribution in [-0.2, 0) is 19.1 Å². The molecule has 7 rings (SSSR count). The number of Topliss-reactive ketones (excluding diaryl/α,β-unsaturated/α-hetero) is 1. The maximum atomic E-state index is 15.8. The number of halogens is 1. The summed E-state index contributed by atoms with van der Waals surface area (Å²) in [5.74, 6) is -2.62. The summed E-state index contributed by atoms with van der Waals surface area (Å²) in [4.78, 5) is 41.0. The average Bonchev–Trinajstić information content (AvgIpc) is 3.46. The molecule has 0 spiro atoms. The summed E-state index contributed by atoms with van der Waals surface area (Å²) in [6.45, 7) is 3.55. The number of carboxylic acid groups (broad SMARTS) is 1. The van der Waals surface area contributed by atoms with Gasteiger partial charge in [0.2, 0.25) is 6.04 Å². The molecule has 12 atom stereocenters. The number of carbonyl (C=O) groups is 2. The molecule has 226 valence electrons. The molecule has 7 aliphatic rings. The van der Waals surface area contributed by atoms with Gasteiger partial charge in [0.25, 0.3) is 0 Å². The van der Waals surface area contributed by atoms with Gasteiger partial charge in [0.1, 0.15) is 11.7 Å². The lowest BCUT2D eigenvalue weighted by atomic mass is 9.69. The van der Waals surface area contributed by atoms with E-state index in [1.54, 1.807) is 0 Å². The van der Waals surface area contributed by atoms with Gasteiger partial charge in [-0.2, -0.15) is 0 Å². The fourth-order valence-electron chi connectivity index (χ4n) is 8.84. The number of carbonyl (C=O) groups excluding carboxylic acids is 1. The number of ether oxygens (including phenoxy) is 2. The zero-order chi connectivity index (χ0) is 28.4. The molecule has 12 nitrogen and oxygen atoms in total.